The van der Waals surface area contributed by atoms with Crippen molar-refractivity contribution >= 4 is 39.1 Å². The summed E-state index contributed by atoms with van der Waals surface area (Å²) in [5.74, 6) is 2.11. The van der Waals surface area contributed by atoms with Gasteiger partial charge in [0.15, 0.2) is 23.4 Å². The zero-order chi connectivity index (χ0) is 24.9. The molecular weight excluding hydrogens is 504 g/mol. The summed E-state index contributed by atoms with van der Waals surface area (Å²) in [6.45, 7) is 0.840. The van der Waals surface area contributed by atoms with E-state index in [0.29, 0.717) is 43.7 Å². The minimum atomic E-state index is -3.75. The predicted octanol–water partition coefficient (Wildman–Crippen LogP) is 4.32. The molecule has 4 heterocycles. The topological polar surface area (TPSA) is 104 Å². The zero-order valence-electron chi connectivity index (χ0n) is 19.0. The molecule has 0 unspecified atom stereocenters. The van der Waals surface area contributed by atoms with E-state index in [1.165, 1.54) is 22.5 Å². The fourth-order valence-electron chi connectivity index (χ4n) is 4.77. The Morgan fingerprint density at radius 3 is 2.61 bits per heavy atom. The second-order valence-corrected chi connectivity index (χ2v) is 11.0. The summed E-state index contributed by atoms with van der Waals surface area (Å²) in [4.78, 5) is 20.6. The molecule has 0 amide bonds. The first-order valence-electron chi connectivity index (χ1n) is 11.4. The van der Waals surface area contributed by atoms with Crippen molar-refractivity contribution in [3.05, 3.63) is 65.3 Å². The number of aldehydes is 1. The van der Waals surface area contributed by atoms with E-state index in [2.05, 4.69) is 9.55 Å². The van der Waals surface area contributed by atoms with Crippen LogP contribution in [0.2, 0.25) is 5.02 Å². The number of hydrogen-bond acceptors (Lipinski definition) is 7. The summed E-state index contributed by atoms with van der Waals surface area (Å²) in [5, 5.41) is 0.116. The van der Waals surface area contributed by atoms with Gasteiger partial charge in [0, 0.05) is 36.5 Å². The number of sulfonamides is 1. The quantitative estimate of drug-likeness (QED) is 0.358. The molecule has 1 saturated heterocycles. The Labute approximate surface area is 212 Å². The lowest BCUT2D eigenvalue weighted by atomic mass is 10.1. The molecular formula is C25H21ClN4O5S. The molecule has 1 fully saturated rings. The Balaban J connectivity index is 1.31. The van der Waals surface area contributed by atoms with E-state index in [0.717, 1.165) is 22.6 Å². The Morgan fingerprint density at radius 1 is 1.03 bits per heavy atom. The minimum Gasteiger partial charge on any atom is -0.454 e. The van der Waals surface area contributed by atoms with E-state index in [1.54, 1.807) is 6.20 Å². The summed E-state index contributed by atoms with van der Waals surface area (Å²) in [5.41, 5.74) is 2.65. The van der Waals surface area contributed by atoms with Crippen molar-refractivity contribution in [2.45, 2.75) is 23.8 Å². The molecule has 11 heteroatoms. The SMILES string of the molecule is O=Cc1ccc(S(=O)(=O)N2CCC(n3c(-c4ccc5c(c4)OCO5)nc4cccnc43)CC2)cc1Cl. The number of ether oxygens (including phenoxy) is 2. The average Bonchev–Trinajstić information content (AvgIpc) is 3.53. The molecule has 0 atom stereocenters. The van der Waals surface area contributed by atoms with Gasteiger partial charge in [0.25, 0.3) is 0 Å². The van der Waals surface area contributed by atoms with Crippen LogP contribution in [0.15, 0.2) is 59.6 Å². The van der Waals surface area contributed by atoms with Gasteiger partial charge in [0.05, 0.1) is 9.92 Å². The number of hydrogen-bond donors (Lipinski definition) is 0. The number of nitrogens with zero attached hydrogens (tertiary/aromatic N) is 4. The third kappa shape index (κ3) is 3.82. The molecule has 4 aromatic rings. The fourth-order valence-corrected chi connectivity index (χ4v) is 6.55. The van der Waals surface area contributed by atoms with Crippen molar-refractivity contribution < 1.29 is 22.7 Å². The fraction of sp³-hybridized carbons (Fsp3) is 0.240. The molecule has 0 saturated carbocycles. The van der Waals surface area contributed by atoms with Crippen LogP contribution in [0.3, 0.4) is 0 Å². The number of halogens is 1. The van der Waals surface area contributed by atoms with Gasteiger partial charge in [-0.2, -0.15) is 4.31 Å². The molecule has 0 radical (unpaired) electrons. The molecule has 9 nitrogen and oxygen atoms in total. The van der Waals surface area contributed by atoms with Gasteiger partial charge in [-0.1, -0.05) is 11.6 Å². The summed E-state index contributed by atoms with van der Waals surface area (Å²) in [6.07, 6.45) is 3.50. The smallest absolute Gasteiger partial charge is 0.243 e. The van der Waals surface area contributed by atoms with Gasteiger partial charge in [-0.3, -0.25) is 4.79 Å². The van der Waals surface area contributed by atoms with Gasteiger partial charge < -0.3 is 14.0 Å². The van der Waals surface area contributed by atoms with Crippen molar-refractivity contribution in [2.75, 3.05) is 19.9 Å². The predicted molar refractivity (Wildman–Crippen MR) is 133 cm³/mol. The molecule has 6 rings (SSSR count). The van der Waals surface area contributed by atoms with Crippen molar-refractivity contribution in [3.8, 4) is 22.9 Å². The molecule has 36 heavy (non-hydrogen) atoms. The largest absolute Gasteiger partial charge is 0.454 e. The lowest BCUT2D eigenvalue weighted by Gasteiger charge is -2.32. The van der Waals surface area contributed by atoms with Crippen molar-refractivity contribution in [3.63, 3.8) is 0 Å². The molecule has 0 N–H and O–H groups in total. The highest BCUT2D eigenvalue weighted by Gasteiger charge is 2.32. The summed E-state index contributed by atoms with van der Waals surface area (Å²) < 4.78 is 41.1. The van der Waals surface area contributed by atoms with Crippen LogP contribution < -0.4 is 9.47 Å². The van der Waals surface area contributed by atoms with Gasteiger partial charge in [-0.25, -0.2) is 18.4 Å². The first kappa shape index (κ1) is 23.0. The molecule has 0 spiro atoms. The number of piperidine rings is 1. The van der Waals surface area contributed by atoms with E-state index in [4.69, 9.17) is 26.1 Å². The molecule has 0 bridgehead atoms. The number of benzene rings is 2. The summed E-state index contributed by atoms with van der Waals surface area (Å²) in [6, 6.07) is 13.7. The van der Waals surface area contributed by atoms with Crippen LogP contribution in [0.4, 0.5) is 0 Å². The molecule has 184 valence electrons. The van der Waals surface area contributed by atoms with Crippen LogP contribution >= 0.6 is 11.6 Å². The second-order valence-electron chi connectivity index (χ2n) is 8.66. The van der Waals surface area contributed by atoms with Crippen LogP contribution in [-0.2, 0) is 10.0 Å². The Bertz CT molecular complexity index is 1600. The first-order valence-corrected chi connectivity index (χ1v) is 13.3. The van der Waals surface area contributed by atoms with Gasteiger partial charge in [0.1, 0.15) is 11.3 Å². The van der Waals surface area contributed by atoms with E-state index in [9.17, 15) is 13.2 Å². The summed E-state index contributed by atoms with van der Waals surface area (Å²) in [7, 11) is -3.75. The lowest BCUT2D eigenvalue weighted by molar-refractivity contribution is 0.112. The highest BCUT2D eigenvalue weighted by Crippen LogP contribution is 2.39. The minimum absolute atomic E-state index is 0.00204. The van der Waals surface area contributed by atoms with Gasteiger partial charge in [-0.05, 0) is 61.4 Å². The number of carbonyl (C=O) groups is 1. The normalized spacial score (nSPS) is 16.5. The Morgan fingerprint density at radius 2 is 1.83 bits per heavy atom. The molecule has 2 aromatic carbocycles. The van der Waals surface area contributed by atoms with E-state index >= 15 is 0 Å². The molecule has 2 aliphatic heterocycles. The highest BCUT2D eigenvalue weighted by atomic mass is 35.5. The highest BCUT2D eigenvalue weighted by molar-refractivity contribution is 7.89. The van der Waals surface area contributed by atoms with Gasteiger partial charge in [0.2, 0.25) is 16.8 Å². The van der Waals surface area contributed by atoms with Gasteiger partial charge in [-0.15, -0.1) is 0 Å². The number of imidazole rings is 1. The molecule has 0 aliphatic carbocycles. The molecule has 2 aliphatic rings. The van der Waals surface area contributed by atoms with Crippen molar-refractivity contribution in [1.82, 2.24) is 18.8 Å². The first-order chi connectivity index (χ1) is 17.5. The van der Waals surface area contributed by atoms with Crippen molar-refractivity contribution in [1.29, 1.82) is 0 Å². The van der Waals surface area contributed by atoms with Crippen LogP contribution in [0.25, 0.3) is 22.6 Å². The average molecular weight is 525 g/mol. The van der Waals surface area contributed by atoms with Crippen molar-refractivity contribution in [2.24, 2.45) is 0 Å². The maximum absolute atomic E-state index is 13.3. The van der Waals surface area contributed by atoms with E-state index in [1.807, 2.05) is 30.3 Å². The van der Waals surface area contributed by atoms with Gasteiger partial charge >= 0.3 is 0 Å². The van der Waals surface area contributed by atoms with Crippen LogP contribution in [-0.4, -0.2) is 53.4 Å². The number of carbonyl (C=O) groups excluding carboxylic acids is 1. The number of rotatable bonds is 5. The number of aromatic nitrogens is 3. The second kappa shape index (κ2) is 8.88. The number of pyridine rings is 1. The van der Waals surface area contributed by atoms with Crippen LogP contribution in [0, 0.1) is 0 Å². The lowest BCUT2D eigenvalue weighted by Crippen LogP contribution is -2.39. The van der Waals surface area contributed by atoms with E-state index < -0.39 is 10.0 Å². The summed E-state index contributed by atoms with van der Waals surface area (Å²) >= 11 is 6.08. The molecule has 2 aromatic heterocycles. The standard InChI is InChI=1S/C25H21ClN4O5S/c26-20-13-19(5-3-17(20)14-31)36(32,33)29-10-7-18(8-11-29)30-24(28-21-2-1-9-27-25(21)30)16-4-6-22-23(12-16)35-15-34-22/h1-6,9,12-14,18H,7-8,10-11,15H2. The Kier molecular flexibility index (Phi) is 5.66. The Hall–Kier alpha value is -3.47. The third-order valence-electron chi connectivity index (χ3n) is 6.60. The maximum atomic E-state index is 13.3. The van der Waals surface area contributed by atoms with E-state index in [-0.39, 0.29) is 28.3 Å². The monoisotopic (exact) mass is 524 g/mol. The third-order valence-corrected chi connectivity index (χ3v) is 8.83. The maximum Gasteiger partial charge on any atom is 0.243 e. The zero-order valence-corrected chi connectivity index (χ0v) is 20.6. The van der Waals surface area contributed by atoms with Crippen LogP contribution in [0.1, 0.15) is 29.2 Å². The number of fused-ring (bicyclic) bond motifs is 2. The van der Waals surface area contributed by atoms with Crippen LogP contribution in [0.5, 0.6) is 11.5 Å².